The molecule has 7 nitrogen and oxygen atoms in total. The SMILES string of the molecule is C=C(c1cccnc1)c1ccc(N(C)c2nn(C3CCOCC3)c3c2CN(C(C)=O)CC3)cc1C(F)F. The number of amides is 1. The van der Waals surface area contributed by atoms with Crippen LogP contribution in [0.1, 0.15) is 60.2 Å². The molecule has 4 heterocycles. The van der Waals surface area contributed by atoms with Gasteiger partial charge in [-0.2, -0.15) is 5.10 Å². The highest BCUT2D eigenvalue weighted by Crippen LogP contribution is 2.38. The van der Waals surface area contributed by atoms with Crippen LogP contribution in [0.5, 0.6) is 0 Å². The zero-order valence-electron chi connectivity index (χ0n) is 21.2. The van der Waals surface area contributed by atoms with Crippen LogP contribution in [0.4, 0.5) is 20.3 Å². The Morgan fingerprint density at radius 3 is 2.70 bits per heavy atom. The Balaban J connectivity index is 1.54. The summed E-state index contributed by atoms with van der Waals surface area (Å²) >= 11 is 0. The van der Waals surface area contributed by atoms with Crippen LogP contribution >= 0.6 is 0 Å². The first-order chi connectivity index (χ1) is 17.8. The maximum absolute atomic E-state index is 14.3. The minimum atomic E-state index is -2.68. The number of halogens is 2. The smallest absolute Gasteiger partial charge is 0.264 e. The van der Waals surface area contributed by atoms with Crippen molar-refractivity contribution in [1.82, 2.24) is 19.7 Å². The predicted molar refractivity (Wildman–Crippen MR) is 138 cm³/mol. The lowest BCUT2D eigenvalue weighted by Crippen LogP contribution is -2.35. The average Bonchev–Trinajstić information content (AvgIpc) is 3.31. The first-order valence-corrected chi connectivity index (χ1v) is 12.5. The van der Waals surface area contributed by atoms with E-state index in [1.54, 1.807) is 42.4 Å². The lowest BCUT2D eigenvalue weighted by atomic mass is 9.95. The van der Waals surface area contributed by atoms with Crippen molar-refractivity contribution in [1.29, 1.82) is 0 Å². The first-order valence-electron chi connectivity index (χ1n) is 12.5. The predicted octanol–water partition coefficient (Wildman–Crippen LogP) is 5.30. The fourth-order valence-corrected chi connectivity index (χ4v) is 5.23. The van der Waals surface area contributed by atoms with E-state index in [9.17, 15) is 13.6 Å². The number of benzene rings is 1. The van der Waals surface area contributed by atoms with Gasteiger partial charge in [0.15, 0.2) is 5.82 Å². The quantitative estimate of drug-likeness (QED) is 0.453. The van der Waals surface area contributed by atoms with Gasteiger partial charge in [-0.25, -0.2) is 8.78 Å². The van der Waals surface area contributed by atoms with E-state index in [1.807, 2.05) is 18.0 Å². The van der Waals surface area contributed by atoms with Crippen molar-refractivity contribution in [2.45, 2.75) is 45.2 Å². The molecule has 1 amide bonds. The van der Waals surface area contributed by atoms with E-state index >= 15 is 0 Å². The standard InChI is InChI=1S/C28H31F2N5O2/c1-18(20-5-4-11-31-16-20)23-7-6-22(15-24(23)27(29)30)33(3)28-25-17-34(19(2)36)12-8-26(25)35(32-28)21-9-13-37-14-10-21/h4-7,11,15-16,21,27H,1,8-10,12-14,17H2,2-3H3. The summed E-state index contributed by atoms with van der Waals surface area (Å²) in [5.41, 5.74) is 4.16. The van der Waals surface area contributed by atoms with Gasteiger partial charge in [0, 0.05) is 80.6 Å². The molecule has 37 heavy (non-hydrogen) atoms. The zero-order chi connectivity index (χ0) is 26.1. The zero-order valence-corrected chi connectivity index (χ0v) is 21.2. The molecule has 0 bridgehead atoms. The molecular formula is C28H31F2N5O2. The Kier molecular flexibility index (Phi) is 7.06. The maximum atomic E-state index is 14.3. The molecule has 2 aromatic heterocycles. The summed E-state index contributed by atoms with van der Waals surface area (Å²) in [6.45, 7) is 8.09. The van der Waals surface area contributed by atoms with Gasteiger partial charge in [-0.3, -0.25) is 14.5 Å². The molecule has 1 saturated heterocycles. The van der Waals surface area contributed by atoms with Crippen molar-refractivity contribution in [3.05, 3.63) is 77.3 Å². The number of fused-ring (bicyclic) bond motifs is 1. The second-order valence-electron chi connectivity index (χ2n) is 9.58. The molecule has 1 fully saturated rings. The molecule has 9 heteroatoms. The molecular weight excluding hydrogens is 476 g/mol. The monoisotopic (exact) mass is 507 g/mol. The van der Waals surface area contributed by atoms with Crippen LogP contribution in [0, 0.1) is 0 Å². The van der Waals surface area contributed by atoms with Gasteiger partial charge in [0.25, 0.3) is 6.43 Å². The highest BCUT2D eigenvalue weighted by atomic mass is 19.3. The summed E-state index contributed by atoms with van der Waals surface area (Å²) in [6.07, 6.45) is 3.02. The molecule has 0 unspecified atom stereocenters. The van der Waals surface area contributed by atoms with Crippen LogP contribution in [0.25, 0.3) is 5.57 Å². The van der Waals surface area contributed by atoms with Gasteiger partial charge in [-0.1, -0.05) is 18.7 Å². The van der Waals surface area contributed by atoms with E-state index in [-0.39, 0.29) is 17.5 Å². The van der Waals surface area contributed by atoms with Gasteiger partial charge in [0.2, 0.25) is 5.91 Å². The topological polar surface area (TPSA) is 63.5 Å². The Hall–Kier alpha value is -3.59. The lowest BCUT2D eigenvalue weighted by molar-refractivity contribution is -0.129. The van der Waals surface area contributed by atoms with Crippen LogP contribution in [0.2, 0.25) is 0 Å². The van der Waals surface area contributed by atoms with Crippen molar-refractivity contribution in [2.75, 3.05) is 31.7 Å². The molecule has 2 aliphatic rings. The molecule has 5 rings (SSSR count). The van der Waals surface area contributed by atoms with Crippen LogP contribution in [0.15, 0.2) is 49.3 Å². The van der Waals surface area contributed by atoms with Crippen LogP contribution in [-0.4, -0.2) is 52.4 Å². The van der Waals surface area contributed by atoms with E-state index in [4.69, 9.17) is 9.84 Å². The van der Waals surface area contributed by atoms with Crippen LogP contribution < -0.4 is 4.90 Å². The van der Waals surface area contributed by atoms with Crippen molar-refractivity contribution >= 4 is 23.0 Å². The summed E-state index contributed by atoms with van der Waals surface area (Å²) < 4.78 is 36.2. The molecule has 0 radical (unpaired) electrons. The van der Waals surface area contributed by atoms with Gasteiger partial charge >= 0.3 is 0 Å². The van der Waals surface area contributed by atoms with Crippen molar-refractivity contribution in [3.63, 3.8) is 0 Å². The molecule has 3 aromatic rings. The normalized spacial score (nSPS) is 16.1. The second-order valence-corrected chi connectivity index (χ2v) is 9.58. The number of rotatable bonds is 6. The summed E-state index contributed by atoms with van der Waals surface area (Å²) in [5, 5.41) is 5.00. The van der Waals surface area contributed by atoms with Crippen LogP contribution in [-0.2, 0) is 22.5 Å². The summed E-state index contributed by atoms with van der Waals surface area (Å²) in [7, 11) is 1.84. The number of aromatic nitrogens is 3. The molecule has 194 valence electrons. The molecule has 0 N–H and O–H groups in total. The Labute approximate surface area is 215 Å². The number of alkyl halides is 2. The summed E-state index contributed by atoms with van der Waals surface area (Å²) in [5.74, 6) is 0.697. The number of carbonyl (C=O) groups excluding carboxylic acids is 1. The summed E-state index contributed by atoms with van der Waals surface area (Å²) in [6, 6.07) is 8.79. The number of anilines is 2. The van der Waals surface area contributed by atoms with Gasteiger partial charge in [0.05, 0.1) is 12.6 Å². The van der Waals surface area contributed by atoms with Crippen molar-refractivity contribution < 1.29 is 18.3 Å². The lowest BCUT2D eigenvalue weighted by Gasteiger charge is -2.29. The minimum absolute atomic E-state index is 0.0105. The van der Waals surface area contributed by atoms with Crippen molar-refractivity contribution in [3.8, 4) is 0 Å². The number of nitrogens with zero attached hydrogens (tertiary/aromatic N) is 5. The fraction of sp³-hybridized carbons (Fsp3) is 0.393. The Bertz CT molecular complexity index is 1300. The number of hydrogen-bond acceptors (Lipinski definition) is 5. The fourth-order valence-electron chi connectivity index (χ4n) is 5.23. The number of carbonyl (C=O) groups is 1. The molecule has 0 aliphatic carbocycles. The first kappa shape index (κ1) is 25.1. The number of ether oxygens (including phenoxy) is 1. The second kappa shape index (κ2) is 10.4. The average molecular weight is 508 g/mol. The molecule has 0 spiro atoms. The minimum Gasteiger partial charge on any atom is -0.381 e. The van der Waals surface area contributed by atoms with E-state index in [2.05, 4.69) is 16.2 Å². The van der Waals surface area contributed by atoms with Crippen LogP contribution in [0.3, 0.4) is 0 Å². The van der Waals surface area contributed by atoms with E-state index in [0.717, 1.165) is 24.1 Å². The molecule has 0 atom stereocenters. The molecule has 1 aromatic carbocycles. The van der Waals surface area contributed by atoms with E-state index < -0.39 is 6.43 Å². The molecule has 0 saturated carbocycles. The maximum Gasteiger partial charge on any atom is 0.264 e. The third-order valence-electron chi connectivity index (χ3n) is 7.36. The highest BCUT2D eigenvalue weighted by Gasteiger charge is 2.31. The van der Waals surface area contributed by atoms with Gasteiger partial charge in [-0.05, 0) is 42.2 Å². The Morgan fingerprint density at radius 2 is 2.03 bits per heavy atom. The Morgan fingerprint density at radius 1 is 1.24 bits per heavy atom. The third-order valence-corrected chi connectivity index (χ3v) is 7.36. The largest absolute Gasteiger partial charge is 0.381 e. The van der Waals surface area contributed by atoms with Crippen molar-refractivity contribution in [2.24, 2.45) is 0 Å². The highest BCUT2D eigenvalue weighted by molar-refractivity contribution is 5.81. The third kappa shape index (κ3) is 4.87. The van der Waals surface area contributed by atoms with Gasteiger partial charge in [0.1, 0.15) is 0 Å². The van der Waals surface area contributed by atoms with Gasteiger partial charge in [-0.15, -0.1) is 0 Å². The van der Waals surface area contributed by atoms with Gasteiger partial charge < -0.3 is 14.5 Å². The number of pyridine rings is 1. The van der Waals surface area contributed by atoms with E-state index in [1.165, 1.54) is 6.07 Å². The summed E-state index contributed by atoms with van der Waals surface area (Å²) in [4.78, 5) is 19.9. The van der Waals surface area contributed by atoms with E-state index in [0.29, 0.717) is 60.9 Å². The number of hydrogen-bond donors (Lipinski definition) is 0. The molecule has 2 aliphatic heterocycles.